The van der Waals surface area contributed by atoms with Gasteiger partial charge in [0.15, 0.2) is 18.3 Å². The Bertz CT molecular complexity index is 356. The van der Waals surface area contributed by atoms with Crippen LogP contribution < -0.4 is 5.73 Å². The third-order valence-corrected chi connectivity index (χ3v) is 2.53. The van der Waals surface area contributed by atoms with E-state index in [9.17, 15) is 14.4 Å². The minimum atomic E-state index is -0.995. The van der Waals surface area contributed by atoms with Gasteiger partial charge in [-0.2, -0.15) is 0 Å². The van der Waals surface area contributed by atoms with E-state index in [0.717, 1.165) is 0 Å². The first-order valence-corrected chi connectivity index (χ1v) is 5.30. The third kappa shape index (κ3) is 2.99. The lowest BCUT2D eigenvalue weighted by Gasteiger charge is -2.46. The number of amides is 1. The van der Waals surface area contributed by atoms with Gasteiger partial charge in [0.2, 0.25) is 0 Å². The summed E-state index contributed by atoms with van der Waals surface area (Å²) in [6.07, 6.45) is -1.89. The molecule has 0 radical (unpaired) electrons. The highest BCUT2D eigenvalue weighted by Gasteiger charge is 2.56. The predicted molar refractivity (Wildman–Crippen MR) is 59.3 cm³/mol. The van der Waals surface area contributed by atoms with Gasteiger partial charge in [-0.15, -0.1) is 6.58 Å². The van der Waals surface area contributed by atoms with E-state index in [-0.39, 0.29) is 0 Å². The Morgan fingerprint density at radius 2 is 1.44 bits per heavy atom. The van der Waals surface area contributed by atoms with Gasteiger partial charge in [0.1, 0.15) is 0 Å². The van der Waals surface area contributed by atoms with Crippen LogP contribution in [0.25, 0.3) is 0 Å². The minimum Gasteiger partial charge on any atom is -0.458 e. The highest BCUT2D eigenvalue weighted by atomic mass is 16.6. The molecule has 1 saturated carbocycles. The molecule has 0 saturated heterocycles. The fourth-order valence-corrected chi connectivity index (χ4v) is 1.88. The number of ether oxygens (including phenoxy) is 3. The standard InChI is InChI=1S/C11H15NO6/c1-4-7-8(16-5(2)13)10(17-6(3)14)9(7)18-11(12)15/h4,7-10H,1H2,2-3H3,(H2,12,15)/t7-,8+,9-,10-/m1/s1. The van der Waals surface area contributed by atoms with Crippen LogP contribution in [0.5, 0.6) is 0 Å². The first-order valence-electron chi connectivity index (χ1n) is 5.30. The number of nitrogens with two attached hydrogens (primary N) is 1. The number of hydrogen-bond acceptors (Lipinski definition) is 6. The first-order chi connectivity index (χ1) is 8.36. The van der Waals surface area contributed by atoms with Crippen LogP contribution in [0.4, 0.5) is 4.79 Å². The van der Waals surface area contributed by atoms with E-state index in [1.54, 1.807) is 0 Å². The van der Waals surface area contributed by atoms with Crippen molar-refractivity contribution in [3.05, 3.63) is 12.7 Å². The lowest BCUT2D eigenvalue weighted by atomic mass is 9.75. The van der Waals surface area contributed by atoms with Gasteiger partial charge in [-0.1, -0.05) is 6.08 Å². The molecule has 1 rings (SSSR count). The van der Waals surface area contributed by atoms with E-state index in [0.29, 0.717) is 0 Å². The largest absolute Gasteiger partial charge is 0.458 e. The molecule has 0 unspecified atom stereocenters. The lowest BCUT2D eigenvalue weighted by molar-refractivity contribution is -0.217. The Morgan fingerprint density at radius 3 is 1.83 bits per heavy atom. The second-order valence-electron chi connectivity index (χ2n) is 3.86. The molecule has 0 aromatic rings. The predicted octanol–water partition coefficient (Wildman–Crippen LogP) is 0.129. The molecule has 7 heteroatoms. The molecule has 0 heterocycles. The number of hydrogen-bond donors (Lipinski definition) is 1. The summed E-state index contributed by atoms with van der Waals surface area (Å²) in [7, 11) is 0. The fraction of sp³-hybridized carbons (Fsp3) is 0.545. The van der Waals surface area contributed by atoms with E-state index >= 15 is 0 Å². The number of rotatable bonds is 4. The molecule has 100 valence electrons. The van der Waals surface area contributed by atoms with Crippen LogP contribution >= 0.6 is 0 Å². The molecular formula is C11H15NO6. The number of esters is 2. The average Bonchev–Trinajstić information content (AvgIpc) is 2.23. The van der Waals surface area contributed by atoms with Crippen LogP contribution in [0.3, 0.4) is 0 Å². The zero-order valence-corrected chi connectivity index (χ0v) is 10.1. The van der Waals surface area contributed by atoms with Crippen molar-refractivity contribution < 1.29 is 28.6 Å². The van der Waals surface area contributed by atoms with Crippen LogP contribution in [0.15, 0.2) is 12.7 Å². The first kappa shape index (κ1) is 14.0. The van der Waals surface area contributed by atoms with Crippen LogP contribution in [-0.2, 0) is 23.8 Å². The molecule has 18 heavy (non-hydrogen) atoms. The van der Waals surface area contributed by atoms with E-state index in [2.05, 4.69) is 6.58 Å². The molecule has 0 bridgehead atoms. The van der Waals surface area contributed by atoms with Gasteiger partial charge in [-0.05, 0) is 0 Å². The van der Waals surface area contributed by atoms with E-state index in [1.165, 1.54) is 19.9 Å². The Balaban J connectivity index is 2.81. The highest BCUT2D eigenvalue weighted by Crippen LogP contribution is 2.37. The Kier molecular flexibility index (Phi) is 4.30. The van der Waals surface area contributed by atoms with Gasteiger partial charge in [0.05, 0.1) is 5.92 Å². The summed E-state index contributed by atoms with van der Waals surface area (Å²) in [5.74, 6) is -1.55. The van der Waals surface area contributed by atoms with Crippen molar-refractivity contribution in [2.45, 2.75) is 32.2 Å². The van der Waals surface area contributed by atoms with Crippen LogP contribution in [0, 0.1) is 5.92 Å². The van der Waals surface area contributed by atoms with Gasteiger partial charge in [0.25, 0.3) is 0 Å². The molecule has 2 N–H and O–H groups in total. The van der Waals surface area contributed by atoms with Gasteiger partial charge in [-0.25, -0.2) is 4.79 Å². The smallest absolute Gasteiger partial charge is 0.404 e. The summed E-state index contributed by atoms with van der Waals surface area (Å²) >= 11 is 0. The summed E-state index contributed by atoms with van der Waals surface area (Å²) in [5, 5.41) is 0. The van der Waals surface area contributed by atoms with Crippen molar-refractivity contribution in [3.63, 3.8) is 0 Å². The van der Waals surface area contributed by atoms with Crippen molar-refractivity contribution in [2.24, 2.45) is 11.7 Å². The van der Waals surface area contributed by atoms with E-state index in [1.807, 2.05) is 0 Å². The Hall–Kier alpha value is -2.05. The zero-order valence-electron chi connectivity index (χ0n) is 10.1. The van der Waals surface area contributed by atoms with Crippen molar-refractivity contribution in [1.82, 2.24) is 0 Å². The molecule has 7 nitrogen and oxygen atoms in total. The Labute approximate surface area is 104 Å². The topological polar surface area (TPSA) is 105 Å². The number of carbonyl (C=O) groups excluding carboxylic acids is 3. The molecule has 0 aliphatic heterocycles. The van der Waals surface area contributed by atoms with Crippen molar-refractivity contribution >= 4 is 18.0 Å². The summed E-state index contributed by atoms with van der Waals surface area (Å²) in [6, 6.07) is 0. The summed E-state index contributed by atoms with van der Waals surface area (Å²) in [6.45, 7) is 5.98. The summed E-state index contributed by atoms with van der Waals surface area (Å²) < 4.78 is 14.8. The summed E-state index contributed by atoms with van der Waals surface area (Å²) in [5.41, 5.74) is 4.92. The quantitative estimate of drug-likeness (QED) is 0.436. The second-order valence-corrected chi connectivity index (χ2v) is 3.86. The molecule has 1 amide bonds. The highest BCUT2D eigenvalue weighted by molar-refractivity contribution is 5.68. The third-order valence-electron chi connectivity index (χ3n) is 2.53. The maximum absolute atomic E-state index is 10.9. The molecule has 1 aliphatic rings. The second kappa shape index (κ2) is 5.52. The number of primary amides is 1. The molecule has 1 aliphatic carbocycles. The maximum Gasteiger partial charge on any atom is 0.404 e. The van der Waals surface area contributed by atoms with E-state index in [4.69, 9.17) is 19.9 Å². The van der Waals surface area contributed by atoms with Gasteiger partial charge < -0.3 is 19.9 Å². The zero-order chi connectivity index (χ0) is 13.9. The average molecular weight is 257 g/mol. The number of carbonyl (C=O) groups is 3. The molecular weight excluding hydrogens is 242 g/mol. The summed E-state index contributed by atoms with van der Waals surface area (Å²) in [4.78, 5) is 32.6. The lowest BCUT2D eigenvalue weighted by Crippen LogP contribution is -2.63. The van der Waals surface area contributed by atoms with Crippen molar-refractivity contribution in [1.29, 1.82) is 0 Å². The fourth-order valence-electron chi connectivity index (χ4n) is 1.88. The monoisotopic (exact) mass is 257 g/mol. The van der Waals surface area contributed by atoms with Gasteiger partial charge >= 0.3 is 18.0 Å². The molecule has 0 aromatic heterocycles. The molecule has 0 spiro atoms. The van der Waals surface area contributed by atoms with Crippen molar-refractivity contribution in [3.8, 4) is 0 Å². The van der Waals surface area contributed by atoms with Crippen molar-refractivity contribution in [2.75, 3.05) is 0 Å². The molecule has 0 aromatic carbocycles. The molecule has 4 atom stereocenters. The van der Waals surface area contributed by atoms with Gasteiger partial charge in [-0.3, -0.25) is 9.59 Å². The van der Waals surface area contributed by atoms with Gasteiger partial charge in [0, 0.05) is 13.8 Å². The van der Waals surface area contributed by atoms with Crippen LogP contribution in [0.1, 0.15) is 13.8 Å². The van der Waals surface area contributed by atoms with Crippen LogP contribution in [0.2, 0.25) is 0 Å². The van der Waals surface area contributed by atoms with E-state index < -0.39 is 42.3 Å². The van der Waals surface area contributed by atoms with Crippen LogP contribution in [-0.4, -0.2) is 36.3 Å². The normalized spacial score (nSPS) is 29.7. The Morgan fingerprint density at radius 1 is 1.00 bits per heavy atom. The maximum atomic E-state index is 10.9. The molecule has 1 fully saturated rings. The SMILES string of the molecule is C=C[C@H]1[C@@H](OC(N)=O)[C@H](OC(C)=O)[C@H]1OC(C)=O. The minimum absolute atomic E-state index is 0.453.